The smallest absolute Gasteiger partial charge is 0.147 e. The molecule has 2 aromatic heterocycles. The first-order valence-corrected chi connectivity index (χ1v) is 11.1. The Morgan fingerprint density at radius 2 is 1.97 bits per heavy atom. The molecule has 2 aliphatic rings. The number of piperidine rings is 2. The number of rotatable bonds is 4. The van der Waals surface area contributed by atoms with Gasteiger partial charge in [-0.05, 0) is 57.2 Å². The molecule has 0 radical (unpaired) electrons. The summed E-state index contributed by atoms with van der Waals surface area (Å²) in [6.45, 7) is 4.20. The minimum atomic E-state index is -0.998. The quantitative estimate of drug-likeness (QED) is 0.571. The van der Waals surface area contributed by atoms with Crippen LogP contribution in [0.3, 0.4) is 0 Å². The standard InChI is InChI=1S/C24H29FN6O/c1-23-7-4-8-24(2,30-23)22(25)19(10-23)31(3)21-14-26-18(13-27-21)17-6-5-15(9-20(17)32)16-11-28-29-12-16/h5-6,9,11-14,19,22,30,32H,4,7-8,10H2,1-3H3,(H,28,29)/t19-,22-,23-,24+/m1/s1. The SMILES string of the molecule is CN(c1cnc(-c2ccc(-c3cn[nH]c3)cc2O)cn1)[C@@H]1C[C@@]2(C)CCC[C@](C)(N2)[C@@H]1F. The third-order valence-corrected chi connectivity index (χ3v) is 7.22. The van der Waals surface area contributed by atoms with E-state index >= 15 is 4.39 Å². The number of alkyl halides is 1. The van der Waals surface area contributed by atoms with E-state index in [2.05, 4.69) is 32.4 Å². The number of nitrogens with zero attached hydrogens (tertiary/aromatic N) is 4. The van der Waals surface area contributed by atoms with Gasteiger partial charge in [-0.1, -0.05) is 6.07 Å². The summed E-state index contributed by atoms with van der Waals surface area (Å²) >= 11 is 0. The summed E-state index contributed by atoms with van der Waals surface area (Å²) in [7, 11) is 1.89. The number of anilines is 1. The molecule has 0 aliphatic carbocycles. The largest absolute Gasteiger partial charge is 0.507 e. The fourth-order valence-electron chi connectivity index (χ4n) is 5.49. The van der Waals surface area contributed by atoms with Crippen molar-refractivity contribution in [2.24, 2.45) is 0 Å². The molecule has 0 saturated carbocycles. The molecule has 0 amide bonds. The van der Waals surface area contributed by atoms with E-state index in [1.807, 2.05) is 31.0 Å². The third kappa shape index (κ3) is 3.52. The molecule has 0 spiro atoms. The molecule has 2 aliphatic heterocycles. The van der Waals surface area contributed by atoms with E-state index < -0.39 is 11.7 Å². The van der Waals surface area contributed by atoms with Gasteiger partial charge in [-0.3, -0.25) is 10.1 Å². The molecule has 4 atom stereocenters. The van der Waals surface area contributed by atoms with Crippen LogP contribution in [0.5, 0.6) is 5.75 Å². The Bertz CT molecular complexity index is 1100. The molecule has 3 N–H and O–H groups in total. The molecule has 3 aromatic rings. The molecule has 168 valence electrons. The summed E-state index contributed by atoms with van der Waals surface area (Å²) in [5, 5.41) is 20.8. The van der Waals surface area contributed by atoms with E-state index in [9.17, 15) is 5.11 Å². The second-order valence-corrected chi connectivity index (χ2v) is 9.72. The van der Waals surface area contributed by atoms with Crippen molar-refractivity contribution in [1.82, 2.24) is 25.5 Å². The van der Waals surface area contributed by atoms with Crippen LogP contribution in [0.25, 0.3) is 22.4 Å². The molecule has 0 unspecified atom stereocenters. The van der Waals surface area contributed by atoms with E-state index in [0.717, 1.165) is 36.8 Å². The van der Waals surface area contributed by atoms with Gasteiger partial charge in [0.05, 0.1) is 30.3 Å². The second-order valence-electron chi connectivity index (χ2n) is 9.72. The fourth-order valence-corrected chi connectivity index (χ4v) is 5.49. The highest BCUT2D eigenvalue weighted by atomic mass is 19.1. The molecule has 4 heterocycles. The van der Waals surface area contributed by atoms with Gasteiger partial charge in [0.25, 0.3) is 0 Å². The van der Waals surface area contributed by atoms with E-state index in [0.29, 0.717) is 17.1 Å². The van der Waals surface area contributed by atoms with E-state index in [4.69, 9.17) is 0 Å². The monoisotopic (exact) mass is 436 g/mol. The minimum Gasteiger partial charge on any atom is -0.507 e. The first kappa shape index (κ1) is 20.9. The lowest BCUT2D eigenvalue weighted by Crippen LogP contribution is -2.72. The van der Waals surface area contributed by atoms with Crippen molar-refractivity contribution in [3.8, 4) is 28.1 Å². The van der Waals surface area contributed by atoms with Crippen molar-refractivity contribution in [2.75, 3.05) is 11.9 Å². The molecular weight excluding hydrogens is 407 g/mol. The van der Waals surface area contributed by atoms with Crippen molar-refractivity contribution in [2.45, 2.75) is 62.8 Å². The van der Waals surface area contributed by atoms with Crippen LogP contribution >= 0.6 is 0 Å². The number of aromatic amines is 1. The Morgan fingerprint density at radius 1 is 1.12 bits per heavy atom. The van der Waals surface area contributed by atoms with Crippen LogP contribution in [-0.4, -0.2) is 55.6 Å². The van der Waals surface area contributed by atoms with Gasteiger partial charge in [-0.2, -0.15) is 5.10 Å². The summed E-state index contributed by atoms with van der Waals surface area (Å²) in [6, 6.07) is 5.14. The molecule has 32 heavy (non-hydrogen) atoms. The summed E-state index contributed by atoms with van der Waals surface area (Å²) in [6.07, 6.45) is 9.44. The lowest BCUT2D eigenvalue weighted by atomic mass is 9.68. The number of fused-ring (bicyclic) bond motifs is 2. The summed E-state index contributed by atoms with van der Waals surface area (Å²) in [4.78, 5) is 11.0. The molecule has 7 nitrogen and oxygen atoms in total. The third-order valence-electron chi connectivity index (χ3n) is 7.22. The average Bonchev–Trinajstić information content (AvgIpc) is 3.31. The van der Waals surface area contributed by atoms with Gasteiger partial charge in [0.1, 0.15) is 17.7 Å². The number of halogens is 1. The van der Waals surface area contributed by atoms with Crippen molar-refractivity contribution < 1.29 is 9.50 Å². The number of hydrogen-bond acceptors (Lipinski definition) is 6. The maximum Gasteiger partial charge on any atom is 0.147 e. The Hall–Kier alpha value is -3.00. The molecular formula is C24H29FN6O. The highest BCUT2D eigenvalue weighted by molar-refractivity contribution is 5.73. The predicted octanol–water partition coefficient (Wildman–Crippen LogP) is 4.08. The lowest BCUT2D eigenvalue weighted by Gasteiger charge is -2.56. The van der Waals surface area contributed by atoms with Gasteiger partial charge in [-0.15, -0.1) is 0 Å². The second kappa shape index (κ2) is 7.55. The highest BCUT2D eigenvalue weighted by Crippen LogP contribution is 2.43. The van der Waals surface area contributed by atoms with Crippen molar-refractivity contribution >= 4 is 5.82 Å². The van der Waals surface area contributed by atoms with Gasteiger partial charge in [0, 0.05) is 35.4 Å². The molecule has 2 bridgehead atoms. The van der Waals surface area contributed by atoms with E-state index in [-0.39, 0.29) is 17.3 Å². The lowest BCUT2D eigenvalue weighted by molar-refractivity contribution is 0.00197. The molecule has 5 rings (SSSR count). The first-order chi connectivity index (χ1) is 15.3. The minimum absolute atomic E-state index is 0.0651. The zero-order valence-electron chi connectivity index (χ0n) is 18.6. The Kier molecular flexibility index (Phi) is 4.93. The Balaban J connectivity index is 1.38. The van der Waals surface area contributed by atoms with Crippen LogP contribution in [0.4, 0.5) is 10.2 Å². The van der Waals surface area contributed by atoms with Gasteiger partial charge in [-0.25, -0.2) is 9.37 Å². The molecule has 1 aromatic carbocycles. The number of benzene rings is 1. The van der Waals surface area contributed by atoms with Crippen molar-refractivity contribution in [3.05, 3.63) is 43.0 Å². The van der Waals surface area contributed by atoms with Crippen molar-refractivity contribution in [3.63, 3.8) is 0 Å². The maximum absolute atomic E-state index is 15.6. The molecule has 8 heteroatoms. The maximum atomic E-state index is 15.6. The molecule has 2 fully saturated rings. The van der Waals surface area contributed by atoms with Gasteiger partial charge in [0.15, 0.2) is 0 Å². The number of aromatic hydroxyl groups is 1. The van der Waals surface area contributed by atoms with Crippen LogP contribution in [0.1, 0.15) is 39.5 Å². The normalized spacial score (nSPS) is 29.6. The molecule has 2 saturated heterocycles. The first-order valence-electron chi connectivity index (χ1n) is 11.1. The number of H-pyrrole nitrogens is 1. The summed E-state index contributed by atoms with van der Waals surface area (Å²) in [5.74, 6) is 0.748. The van der Waals surface area contributed by atoms with Crippen LogP contribution in [0.15, 0.2) is 43.0 Å². The zero-order chi connectivity index (χ0) is 22.5. The van der Waals surface area contributed by atoms with Gasteiger partial charge in [0.2, 0.25) is 0 Å². The van der Waals surface area contributed by atoms with E-state index in [1.54, 1.807) is 30.9 Å². The number of hydrogen-bond donors (Lipinski definition) is 3. The van der Waals surface area contributed by atoms with Crippen LogP contribution in [-0.2, 0) is 0 Å². The van der Waals surface area contributed by atoms with E-state index in [1.165, 1.54) is 0 Å². The van der Waals surface area contributed by atoms with Gasteiger partial charge < -0.3 is 15.3 Å². The zero-order valence-corrected chi connectivity index (χ0v) is 18.6. The topological polar surface area (TPSA) is 90.0 Å². The number of phenols is 1. The average molecular weight is 437 g/mol. The predicted molar refractivity (Wildman–Crippen MR) is 122 cm³/mol. The van der Waals surface area contributed by atoms with Gasteiger partial charge >= 0.3 is 0 Å². The van der Waals surface area contributed by atoms with Crippen LogP contribution in [0, 0.1) is 0 Å². The Labute approximate surface area is 187 Å². The number of nitrogens with one attached hydrogen (secondary N) is 2. The number of aromatic nitrogens is 4. The summed E-state index contributed by atoms with van der Waals surface area (Å²) in [5.41, 5.74) is 2.33. The summed E-state index contributed by atoms with van der Waals surface area (Å²) < 4.78 is 15.6. The fraction of sp³-hybridized carbons (Fsp3) is 0.458. The van der Waals surface area contributed by atoms with Crippen LogP contribution < -0.4 is 10.2 Å². The van der Waals surface area contributed by atoms with Crippen molar-refractivity contribution in [1.29, 1.82) is 0 Å². The highest BCUT2D eigenvalue weighted by Gasteiger charge is 2.53. The van der Waals surface area contributed by atoms with Crippen LogP contribution in [0.2, 0.25) is 0 Å². The Morgan fingerprint density at radius 3 is 2.66 bits per heavy atom. The number of phenolic OH excluding ortho intramolecular Hbond substituents is 1.